The minimum Gasteiger partial charge on any atom is -0.481 e. The van der Waals surface area contributed by atoms with E-state index in [9.17, 15) is 4.79 Å². The first-order chi connectivity index (χ1) is 5.85. The smallest absolute Gasteiger partial charge is 0.314 e. The number of carboxylic acid groups (broad SMARTS) is 1. The fraction of sp³-hybridized carbons (Fsp3) is 0.444. The van der Waals surface area contributed by atoms with Gasteiger partial charge in [0.2, 0.25) is 0 Å². The highest BCUT2D eigenvalue weighted by molar-refractivity contribution is 9.10. The Morgan fingerprint density at radius 3 is 2.46 bits per heavy atom. The molecule has 0 saturated heterocycles. The van der Waals surface area contributed by atoms with Crippen LogP contribution in [-0.4, -0.2) is 11.1 Å². The summed E-state index contributed by atoms with van der Waals surface area (Å²) in [6, 6.07) is 1.88. The normalized spacial score (nSPS) is 11.7. The monoisotopic (exact) mass is 262 g/mol. The molecular weight excluding hydrogens is 252 g/mol. The van der Waals surface area contributed by atoms with Gasteiger partial charge in [0.15, 0.2) is 0 Å². The predicted molar refractivity (Wildman–Crippen MR) is 57.4 cm³/mol. The molecule has 0 fully saturated rings. The molecule has 1 N–H and O–H groups in total. The Bertz CT molecular complexity index is 322. The van der Waals surface area contributed by atoms with Crippen molar-refractivity contribution in [1.29, 1.82) is 0 Å². The molecule has 1 aromatic rings. The van der Waals surface area contributed by atoms with Crippen molar-refractivity contribution in [2.45, 2.75) is 26.2 Å². The summed E-state index contributed by atoms with van der Waals surface area (Å²) in [6.45, 7) is 5.40. The number of hydrogen-bond donors (Lipinski definition) is 1. The first-order valence-corrected chi connectivity index (χ1v) is 5.46. The number of carboxylic acids is 1. The van der Waals surface area contributed by atoms with Crippen LogP contribution >= 0.6 is 27.3 Å². The first kappa shape index (κ1) is 10.7. The molecule has 0 saturated carbocycles. The van der Waals surface area contributed by atoms with Crippen LogP contribution in [0.3, 0.4) is 0 Å². The lowest BCUT2D eigenvalue weighted by molar-refractivity contribution is -0.142. The highest BCUT2D eigenvalue weighted by Gasteiger charge is 2.31. The molecule has 0 aliphatic heterocycles. The number of aryl methyl sites for hydroxylation is 1. The van der Waals surface area contributed by atoms with Gasteiger partial charge >= 0.3 is 5.97 Å². The van der Waals surface area contributed by atoms with Gasteiger partial charge in [-0.05, 0) is 42.8 Å². The second-order valence-electron chi connectivity index (χ2n) is 3.44. The highest BCUT2D eigenvalue weighted by atomic mass is 79.9. The van der Waals surface area contributed by atoms with Crippen LogP contribution in [0, 0.1) is 6.92 Å². The minimum atomic E-state index is -0.791. The van der Waals surface area contributed by atoms with Gasteiger partial charge in [-0.3, -0.25) is 4.79 Å². The van der Waals surface area contributed by atoms with E-state index in [4.69, 9.17) is 5.11 Å². The molecule has 0 aromatic carbocycles. The largest absolute Gasteiger partial charge is 0.481 e. The van der Waals surface area contributed by atoms with Crippen molar-refractivity contribution in [3.05, 3.63) is 20.3 Å². The maximum atomic E-state index is 10.9. The fourth-order valence-electron chi connectivity index (χ4n) is 0.873. The van der Waals surface area contributed by atoms with Crippen LogP contribution in [0.25, 0.3) is 0 Å². The molecule has 0 amide bonds. The summed E-state index contributed by atoms with van der Waals surface area (Å²) in [5.74, 6) is -0.791. The third kappa shape index (κ3) is 1.94. The molecular formula is C9H11BrO2S. The van der Waals surface area contributed by atoms with Gasteiger partial charge in [-0.25, -0.2) is 0 Å². The van der Waals surface area contributed by atoms with E-state index in [-0.39, 0.29) is 0 Å². The lowest BCUT2D eigenvalue weighted by Gasteiger charge is -2.16. The van der Waals surface area contributed by atoms with Gasteiger partial charge in [-0.2, -0.15) is 0 Å². The second-order valence-corrected chi connectivity index (χ2v) is 5.56. The van der Waals surface area contributed by atoms with Gasteiger partial charge in [0.25, 0.3) is 0 Å². The number of carbonyl (C=O) groups is 1. The first-order valence-electron chi connectivity index (χ1n) is 3.85. The van der Waals surface area contributed by atoms with Crippen LogP contribution in [0.2, 0.25) is 0 Å². The lowest BCUT2D eigenvalue weighted by atomic mass is 9.92. The second kappa shape index (κ2) is 3.42. The van der Waals surface area contributed by atoms with Crippen molar-refractivity contribution in [3.8, 4) is 0 Å². The van der Waals surface area contributed by atoms with E-state index < -0.39 is 11.4 Å². The Kier molecular flexibility index (Phi) is 2.82. The topological polar surface area (TPSA) is 37.3 Å². The molecule has 1 aromatic heterocycles. The molecule has 0 unspecified atom stereocenters. The van der Waals surface area contributed by atoms with Gasteiger partial charge in [0, 0.05) is 14.2 Å². The molecule has 0 radical (unpaired) electrons. The van der Waals surface area contributed by atoms with Crippen LogP contribution in [0.15, 0.2) is 10.5 Å². The van der Waals surface area contributed by atoms with Gasteiger partial charge < -0.3 is 5.11 Å². The Balaban J connectivity index is 3.15. The summed E-state index contributed by atoms with van der Waals surface area (Å²) in [6.07, 6.45) is 0. The number of hydrogen-bond acceptors (Lipinski definition) is 2. The predicted octanol–water partition coefficient (Wildman–Crippen LogP) is 3.18. The highest BCUT2D eigenvalue weighted by Crippen LogP contribution is 2.35. The molecule has 0 aliphatic carbocycles. The maximum Gasteiger partial charge on any atom is 0.314 e. The molecule has 13 heavy (non-hydrogen) atoms. The van der Waals surface area contributed by atoms with Gasteiger partial charge in [-0.15, -0.1) is 11.3 Å². The van der Waals surface area contributed by atoms with Crippen molar-refractivity contribution in [3.63, 3.8) is 0 Å². The molecule has 2 nitrogen and oxygen atoms in total. The number of halogens is 1. The zero-order chi connectivity index (χ0) is 10.2. The summed E-state index contributed by atoms with van der Waals surface area (Å²) in [4.78, 5) is 12.9. The number of rotatable bonds is 2. The fourth-order valence-corrected chi connectivity index (χ4v) is 2.50. The molecule has 0 spiro atoms. The summed E-state index contributed by atoms with van der Waals surface area (Å²) < 4.78 is 0.988. The van der Waals surface area contributed by atoms with Crippen LogP contribution in [-0.2, 0) is 10.2 Å². The van der Waals surface area contributed by atoms with Crippen molar-refractivity contribution in [2.75, 3.05) is 0 Å². The molecule has 0 aliphatic rings. The van der Waals surface area contributed by atoms with Crippen molar-refractivity contribution >= 4 is 33.2 Å². The molecule has 72 valence electrons. The summed E-state index contributed by atoms with van der Waals surface area (Å²) >= 11 is 4.90. The quantitative estimate of drug-likeness (QED) is 0.889. The number of aliphatic carboxylic acids is 1. The van der Waals surface area contributed by atoms with E-state index in [1.165, 1.54) is 11.3 Å². The maximum absolute atomic E-state index is 10.9. The average molecular weight is 263 g/mol. The average Bonchev–Trinajstić information content (AvgIpc) is 2.32. The lowest BCUT2D eigenvalue weighted by Crippen LogP contribution is -2.27. The Morgan fingerprint density at radius 2 is 2.15 bits per heavy atom. The zero-order valence-electron chi connectivity index (χ0n) is 7.72. The van der Waals surface area contributed by atoms with E-state index >= 15 is 0 Å². The van der Waals surface area contributed by atoms with Crippen LogP contribution in [0.4, 0.5) is 0 Å². The van der Waals surface area contributed by atoms with E-state index in [1.54, 1.807) is 13.8 Å². The van der Waals surface area contributed by atoms with Gasteiger partial charge in [0.05, 0.1) is 5.41 Å². The Morgan fingerprint density at radius 1 is 1.62 bits per heavy atom. The van der Waals surface area contributed by atoms with E-state index in [1.807, 2.05) is 13.0 Å². The van der Waals surface area contributed by atoms with Crippen molar-refractivity contribution in [1.82, 2.24) is 0 Å². The standard InChI is InChI=1S/C9H11BrO2S/c1-5-6(10)4-7(13-5)9(2,3)8(11)12/h4H,1-3H3,(H,11,12). The van der Waals surface area contributed by atoms with Crippen molar-refractivity contribution < 1.29 is 9.90 Å². The zero-order valence-corrected chi connectivity index (χ0v) is 10.1. The van der Waals surface area contributed by atoms with Crippen LogP contribution in [0.5, 0.6) is 0 Å². The van der Waals surface area contributed by atoms with Crippen LogP contribution in [0.1, 0.15) is 23.6 Å². The SMILES string of the molecule is Cc1sc(C(C)(C)C(=O)O)cc1Br. The van der Waals surface area contributed by atoms with E-state index in [0.29, 0.717) is 0 Å². The molecule has 1 heterocycles. The van der Waals surface area contributed by atoms with E-state index in [2.05, 4.69) is 15.9 Å². The summed E-state index contributed by atoms with van der Waals surface area (Å²) in [5.41, 5.74) is -0.790. The third-order valence-electron chi connectivity index (χ3n) is 2.01. The third-order valence-corrected chi connectivity index (χ3v) is 4.47. The molecule has 4 heteroatoms. The minimum absolute atomic E-state index is 0.790. The number of thiophene rings is 1. The van der Waals surface area contributed by atoms with Gasteiger partial charge in [-0.1, -0.05) is 0 Å². The van der Waals surface area contributed by atoms with Gasteiger partial charge in [0.1, 0.15) is 0 Å². The molecule has 1 rings (SSSR count). The van der Waals surface area contributed by atoms with E-state index in [0.717, 1.165) is 14.2 Å². The summed E-state index contributed by atoms with van der Waals surface area (Å²) in [5, 5.41) is 8.99. The Hall–Kier alpha value is -0.350. The van der Waals surface area contributed by atoms with Crippen molar-refractivity contribution in [2.24, 2.45) is 0 Å². The summed E-state index contributed by atoms with van der Waals surface area (Å²) in [7, 11) is 0. The Labute approximate surface area is 89.7 Å². The molecule has 0 bridgehead atoms. The van der Waals surface area contributed by atoms with Crippen LogP contribution < -0.4 is 0 Å². The molecule has 0 atom stereocenters.